The van der Waals surface area contributed by atoms with E-state index in [1.807, 2.05) is 24.3 Å². The highest BCUT2D eigenvalue weighted by Gasteiger charge is 2.16. The quantitative estimate of drug-likeness (QED) is 0.0298. The molecular formula is C43H76O6. The van der Waals surface area contributed by atoms with Gasteiger partial charge >= 0.3 is 11.9 Å². The van der Waals surface area contributed by atoms with Crippen LogP contribution in [0.3, 0.4) is 0 Å². The summed E-state index contributed by atoms with van der Waals surface area (Å²) in [4.78, 5) is 24.2. The van der Waals surface area contributed by atoms with Gasteiger partial charge < -0.3 is 19.7 Å². The van der Waals surface area contributed by atoms with Gasteiger partial charge in [-0.25, -0.2) is 0 Å². The molecule has 0 aromatic rings. The molecule has 0 aromatic heterocycles. The second-order valence-electron chi connectivity index (χ2n) is 14.0. The fourth-order valence-corrected chi connectivity index (χ4v) is 5.52. The van der Waals surface area contributed by atoms with Crippen LogP contribution in [0.15, 0.2) is 48.6 Å². The third-order valence-corrected chi connectivity index (χ3v) is 8.63. The van der Waals surface area contributed by atoms with Crippen LogP contribution in [0.2, 0.25) is 0 Å². The van der Waals surface area contributed by atoms with Crippen molar-refractivity contribution in [3.8, 4) is 0 Å². The maximum atomic E-state index is 12.2. The highest BCUT2D eigenvalue weighted by Crippen LogP contribution is 2.15. The Balaban J connectivity index is 3.72. The second kappa shape index (κ2) is 37.1. The van der Waals surface area contributed by atoms with E-state index in [0.29, 0.717) is 25.7 Å². The van der Waals surface area contributed by atoms with Crippen molar-refractivity contribution in [1.82, 2.24) is 0 Å². The van der Waals surface area contributed by atoms with Crippen molar-refractivity contribution in [1.29, 1.82) is 0 Å². The maximum Gasteiger partial charge on any atom is 0.306 e. The number of unbranched alkanes of at least 4 members (excludes halogenated alkanes) is 17. The lowest BCUT2D eigenvalue weighted by molar-refractivity contribution is -0.161. The first-order chi connectivity index (χ1) is 23.9. The summed E-state index contributed by atoms with van der Waals surface area (Å²) in [6.07, 6.45) is 42.0. The lowest BCUT2D eigenvalue weighted by Crippen LogP contribution is -2.28. The summed E-state index contributed by atoms with van der Waals surface area (Å²) in [5.41, 5.74) is 0. The Kier molecular flexibility index (Phi) is 35.4. The number of ether oxygens (including phenoxy) is 2. The van der Waals surface area contributed by atoms with Gasteiger partial charge in [0.05, 0.1) is 12.7 Å². The highest BCUT2D eigenvalue weighted by molar-refractivity contribution is 5.70. The molecule has 2 atom stereocenters. The zero-order chi connectivity index (χ0) is 36.0. The summed E-state index contributed by atoms with van der Waals surface area (Å²) in [6.45, 7) is 6.34. The maximum absolute atomic E-state index is 12.2. The van der Waals surface area contributed by atoms with Crippen molar-refractivity contribution in [3.05, 3.63) is 48.6 Å². The molecule has 0 amide bonds. The Morgan fingerprint density at radius 3 is 1.82 bits per heavy atom. The summed E-state index contributed by atoms with van der Waals surface area (Å²) < 4.78 is 10.5. The van der Waals surface area contributed by atoms with E-state index in [0.717, 1.165) is 38.0 Å². The molecule has 0 aliphatic carbocycles. The van der Waals surface area contributed by atoms with Crippen molar-refractivity contribution in [2.45, 2.75) is 193 Å². The Bertz CT molecular complexity index is 858. The van der Waals surface area contributed by atoms with Crippen molar-refractivity contribution in [2.75, 3.05) is 13.2 Å². The summed E-state index contributed by atoms with van der Waals surface area (Å²) in [6, 6.07) is 0. The standard InChI is InChI=1S/C43H76O6/c1-4-5-6-7-8-15-19-23-28-33-40(45)34-29-24-21-26-31-36-43(47)49-41(37-44)38-48-42(46)35-30-25-20-17-14-12-10-9-11-13-16-18-22-27-32-39(2)3/h8,15,21,23-24,28-29,34,39-41,44-45H,4-7,9-14,16-20,22,25-27,30-33,35-38H2,1-3H3/b15-8-,24-21+,28-23-,34-29-/t40?,41-/m0/s1. The van der Waals surface area contributed by atoms with Crippen molar-refractivity contribution < 1.29 is 29.3 Å². The molecule has 2 N–H and O–H groups in total. The predicted octanol–water partition coefficient (Wildman–Crippen LogP) is 11.4. The number of aliphatic hydroxyl groups excluding tert-OH is 2. The van der Waals surface area contributed by atoms with Gasteiger partial charge in [-0.1, -0.05) is 172 Å². The molecule has 0 aliphatic heterocycles. The van der Waals surface area contributed by atoms with E-state index in [-0.39, 0.29) is 25.6 Å². The van der Waals surface area contributed by atoms with Crippen LogP contribution in [-0.4, -0.2) is 47.6 Å². The first-order valence-corrected chi connectivity index (χ1v) is 20.2. The van der Waals surface area contributed by atoms with Gasteiger partial charge in [0.2, 0.25) is 0 Å². The topological polar surface area (TPSA) is 93.1 Å². The van der Waals surface area contributed by atoms with E-state index in [1.54, 1.807) is 6.08 Å². The third-order valence-electron chi connectivity index (χ3n) is 8.63. The van der Waals surface area contributed by atoms with Gasteiger partial charge in [-0.05, 0) is 50.9 Å². The fraction of sp³-hybridized carbons (Fsp3) is 0.767. The van der Waals surface area contributed by atoms with Crippen LogP contribution in [0, 0.1) is 5.92 Å². The minimum atomic E-state index is -0.831. The molecule has 49 heavy (non-hydrogen) atoms. The molecule has 0 fully saturated rings. The van der Waals surface area contributed by atoms with Crippen molar-refractivity contribution in [3.63, 3.8) is 0 Å². The van der Waals surface area contributed by atoms with E-state index in [4.69, 9.17) is 9.47 Å². The summed E-state index contributed by atoms with van der Waals surface area (Å²) in [5.74, 6) is 0.124. The van der Waals surface area contributed by atoms with E-state index in [2.05, 4.69) is 39.0 Å². The smallest absolute Gasteiger partial charge is 0.306 e. The van der Waals surface area contributed by atoms with Crippen LogP contribution in [0.25, 0.3) is 0 Å². The van der Waals surface area contributed by atoms with E-state index in [9.17, 15) is 19.8 Å². The molecule has 6 nitrogen and oxygen atoms in total. The molecule has 0 radical (unpaired) electrons. The molecule has 6 heteroatoms. The van der Waals surface area contributed by atoms with Gasteiger partial charge in [0.1, 0.15) is 6.61 Å². The highest BCUT2D eigenvalue weighted by atomic mass is 16.6. The second-order valence-corrected chi connectivity index (χ2v) is 14.0. The number of hydrogen-bond acceptors (Lipinski definition) is 6. The number of rotatable bonds is 35. The van der Waals surface area contributed by atoms with Gasteiger partial charge in [-0.15, -0.1) is 0 Å². The molecule has 0 bridgehead atoms. The lowest BCUT2D eigenvalue weighted by Gasteiger charge is -2.15. The van der Waals surface area contributed by atoms with Crippen molar-refractivity contribution >= 4 is 11.9 Å². The molecule has 0 aliphatic rings. The number of carbonyl (C=O) groups is 2. The average molecular weight is 689 g/mol. The Labute approximate surface area is 301 Å². The summed E-state index contributed by atoms with van der Waals surface area (Å²) in [7, 11) is 0. The molecule has 0 saturated heterocycles. The minimum absolute atomic E-state index is 0.114. The minimum Gasteiger partial charge on any atom is -0.462 e. The van der Waals surface area contributed by atoms with Crippen LogP contribution < -0.4 is 0 Å². The number of aliphatic hydroxyl groups is 2. The number of hydrogen-bond donors (Lipinski definition) is 2. The molecule has 0 rings (SSSR count). The first-order valence-electron chi connectivity index (χ1n) is 20.2. The predicted molar refractivity (Wildman–Crippen MR) is 206 cm³/mol. The molecule has 0 saturated carbocycles. The molecule has 0 spiro atoms. The Hall–Kier alpha value is -2.18. The van der Waals surface area contributed by atoms with Gasteiger partial charge in [-0.3, -0.25) is 9.59 Å². The zero-order valence-corrected chi connectivity index (χ0v) is 32.0. The molecule has 0 heterocycles. The number of carbonyl (C=O) groups excluding carboxylic acids is 2. The van der Waals surface area contributed by atoms with Crippen LogP contribution in [0.5, 0.6) is 0 Å². The molecular weight excluding hydrogens is 612 g/mol. The van der Waals surface area contributed by atoms with Crippen LogP contribution in [0.1, 0.15) is 181 Å². The van der Waals surface area contributed by atoms with Crippen LogP contribution in [0.4, 0.5) is 0 Å². The third kappa shape index (κ3) is 36.9. The molecule has 0 aromatic carbocycles. The summed E-state index contributed by atoms with van der Waals surface area (Å²) >= 11 is 0. The Morgan fingerprint density at radius 1 is 0.633 bits per heavy atom. The fourth-order valence-electron chi connectivity index (χ4n) is 5.52. The number of esters is 2. The Morgan fingerprint density at radius 2 is 1.20 bits per heavy atom. The SMILES string of the molecule is CCCCC/C=C\C/C=C\CC(O)/C=C\C=C\CCCC(=O)O[C@@H](CO)COC(=O)CCCCCCCCCCCCCCCCC(C)C. The molecule has 1 unspecified atom stereocenters. The lowest BCUT2D eigenvalue weighted by atomic mass is 10.0. The van der Waals surface area contributed by atoms with Gasteiger partial charge in [0, 0.05) is 12.8 Å². The zero-order valence-electron chi connectivity index (χ0n) is 32.0. The molecule has 284 valence electrons. The van der Waals surface area contributed by atoms with Crippen molar-refractivity contribution in [2.24, 2.45) is 5.92 Å². The monoisotopic (exact) mass is 689 g/mol. The van der Waals surface area contributed by atoms with E-state index in [1.165, 1.54) is 96.3 Å². The number of allylic oxidation sites excluding steroid dienone is 6. The van der Waals surface area contributed by atoms with Gasteiger partial charge in [0.15, 0.2) is 6.10 Å². The summed E-state index contributed by atoms with van der Waals surface area (Å²) in [5, 5.41) is 19.6. The average Bonchev–Trinajstić information content (AvgIpc) is 3.08. The normalized spacial score (nSPS) is 13.4. The van der Waals surface area contributed by atoms with E-state index >= 15 is 0 Å². The van der Waals surface area contributed by atoms with E-state index < -0.39 is 18.2 Å². The van der Waals surface area contributed by atoms with Crippen LogP contribution in [-0.2, 0) is 19.1 Å². The van der Waals surface area contributed by atoms with Crippen LogP contribution >= 0.6 is 0 Å². The first kappa shape index (κ1) is 46.8. The largest absolute Gasteiger partial charge is 0.462 e. The van der Waals surface area contributed by atoms with Gasteiger partial charge in [-0.2, -0.15) is 0 Å². The van der Waals surface area contributed by atoms with Gasteiger partial charge in [0.25, 0.3) is 0 Å².